The number of methoxy groups -OCH3 is 1. The van der Waals surface area contributed by atoms with Gasteiger partial charge in [-0.2, -0.15) is 0 Å². The minimum atomic E-state index is -0.618. The maximum atomic E-state index is 12.2. The van der Waals surface area contributed by atoms with Crippen LogP contribution in [0.1, 0.15) is 17.0 Å². The molecule has 2 N–H and O–H groups in total. The minimum absolute atomic E-state index is 0.398. The number of hydrogen-bond acceptors (Lipinski definition) is 5. The van der Waals surface area contributed by atoms with Gasteiger partial charge in [0, 0.05) is 7.11 Å². The molecule has 2 rings (SSSR count). The molecule has 0 saturated carbocycles. The minimum Gasteiger partial charge on any atom is -0.491 e. The Balaban J connectivity index is 2.05. The second-order valence-corrected chi connectivity index (χ2v) is 5.35. The number of hydrogen-bond donors (Lipinski definition) is 2. The van der Waals surface area contributed by atoms with Crippen LogP contribution in [0.4, 0.5) is 0 Å². The molecule has 0 aliphatic carbocycles. The molecule has 0 aliphatic rings. The Labute approximate surface area is 147 Å². The van der Waals surface area contributed by atoms with Crippen LogP contribution in [-0.2, 0) is 14.3 Å². The van der Waals surface area contributed by atoms with E-state index in [9.17, 15) is 4.79 Å². The van der Waals surface area contributed by atoms with Gasteiger partial charge < -0.3 is 14.2 Å². The highest BCUT2D eigenvalue weighted by Gasteiger charge is 2.22. The number of ether oxygens (including phenoxy) is 3. The van der Waals surface area contributed by atoms with E-state index in [1.165, 1.54) is 0 Å². The quantitative estimate of drug-likeness (QED) is 0.393. The third-order valence-corrected chi connectivity index (χ3v) is 3.62. The Hall–Kier alpha value is -2.41. The van der Waals surface area contributed by atoms with Crippen molar-refractivity contribution >= 4 is 5.91 Å². The Morgan fingerprint density at radius 3 is 2.44 bits per heavy atom. The summed E-state index contributed by atoms with van der Waals surface area (Å²) in [4.78, 5) is 12.2. The fraction of sp³-hybridized carbons (Fsp3) is 0.316. The first-order valence-electron chi connectivity index (χ1n) is 8.04. The van der Waals surface area contributed by atoms with Crippen LogP contribution in [-0.4, -0.2) is 44.7 Å². The van der Waals surface area contributed by atoms with E-state index >= 15 is 0 Å². The fourth-order valence-electron chi connectivity index (χ4n) is 2.45. The normalized spacial score (nSPS) is 11.8. The zero-order chi connectivity index (χ0) is 17.9. The lowest BCUT2D eigenvalue weighted by Gasteiger charge is -2.17. The summed E-state index contributed by atoms with van der Waals surface area (Å²) in [5, 5.41) is 9.08. The van der Waals surface area contributed by atoms with Crippen molar-refractivity contribution in [1.82, 2.24) is 5.48 Å². The molecule has 1 unspecified atom stereocenters. The van der Waals surface area contributed by atoms with Gasteiger partial charge >= 0.3 is 0 Å². The summed E-state index contributed by atoms with van der Waals surface area (Å²) in [6.07, 6.45) is 0. The van der Waals surface area contributed by atoms with Crippen LogP contribution in [0.3, 0.4) is 0 Å². The van der Waals surface area contributed by atoms with Crippen LogP contribution in [0.5, 0.6) is 5.75 Å². The molecule has 0 saturated heterocycles. The second-order valence-electron chi connectivity index (χ2n) is 5.35. The van der Waals surface area contributed by atoms with Gasteiger partial charge in [0.25, 0.3) is 5.91 Å². The predicted octanol–water partition coefficient (Wildman–Crippen LogP) is 2.37. The standard InChI is InChI=1S/C19H23NO5/c1-23-10-11-24-12-13-25-17-9-5-8-16(14-17)18(19(21)20-22)15-6-3-2-4-7-15/h2-9,14,18,22H,10-13H2,1H3,(H,20,21). The predicted molar refractivity (Wildman–Crippen MR) is 92.8 cm³/mol. The largest absolute Gasteiger partial charge is 0.491 e. The lowest BCUT2D eigenvalue weighted by atomic mass is 9.90. The van der Waals surface area contributed by atoms with Crippen molar-refractivity contribution in [1.29, 1.82) is 0 Å². The number of amides is 1. The van der Waals surface area contributed by atoms with Crippen molar-refractivity contribution in [2.24, 2.45) is 0 Å². The molecule has 0 bridgehead atoms. The van der Waals surface area contributed by atoms with Gasteiger partial charge in [-0.05, 0) is 23.3 Å². The van der Waals surface area contributed by atoms with Gasteiger partial charge in [0.1, 0.15) is 12.4 Å². The summed E-state index contributed by atoms with van der Waals surface area (Å²) < 4.78 is 15.9. The van der Waals surface area contributed by atoms with Gasteiger partial charge in [-0.25, -0.2) is 5.48 Å². The van der Waals surface area contributed by atoms with Gasteiger partial charge in [-0.15, -0.1) is 0 Å². The van der Waals surface area contributed by atoms with Crippen LogP contribution in [0.25, 0.3) is 0 Å². The molecule has 2 aromatic rings. The molecule has 0 aromatic heterocycles. The lowest BCUT2D eigenvalue weighted by molar-refractivity contribution is -0.129. The van der Waals surface area contributed by atoms with E-state index in [-0.39, 0.29) is 0 Å². The van der Waals surface area contributed by atoms with Crippen LogP contribution in [0.2, 0.25) is 0 Å². The molecule has 0 spiro atoms. The molecule has 134 valence electrons. The van der Waals surface area contributed by atoms with Crippen molar-refractivity contribution < 1.29 is 24.2 Å². The number of hydroxylamine groups is 1. The average molecular weight is 345 g/mol. The Bertz CT molecular complexity index is 647. The molecule has 0 radical (unpaired) electrons. The second kappa shape index (κ2) is 10.5. The van der Waals surface area contributed by atoms with Crippen molar-refractivity contribution in [2.75, 3.05) is 33.5 Å². The number of rotatable bonds is 10. The molecule has 6 heteroatoms. The van der Waals surface area contributed by atoms with E-state index in [2.05, 4.69) is 0 Å². The number of benzene rings is 2. The zero-order valence-corrected chi connectivity index (χ0v) is 14.2. The van der Waals surface area contributed by atoms with Crippen molar-refractivity contribution in [2.45, 2.75) is 5.92 Å². The molecular weight excluding hydrogens is 322 g/mol. The maximum absolute atomic E-state index is 12.2. The van der Waals surface area contributed by atoms with E-state index < -0.39 is 11.8 Å². The average Bonchev–Trinajstić information content (AvgIpc) is 2.66. The first-order valence-corrected chi connectivity index (χ1v) is 8.04. The van der Waals surface area contributed by atoms with Crippen LogP contribution in [0, 0.1) is 0 Å². The summed E-state index contributed by atoms with van der Waals surface area (Å²) in [5.74, 6) is -0.474. The topological polar surface area (TPSA) is 77.0 Å². The third kappa shape index (κ3) is 5.86. The lowest BCUT2D eigenvalue weighted by Crippen LogP contribution is -2.27. The van der Waals surface area contributed by atoms with E-state index in [1.54, 1.807) is 18.7 Å². The van der Waals surface area contributed by atoms with E-state index in [0.717, 1.165) is 11.1 Å². The first kappa shape index (κ1) is 18.9. The zero-order valence-electron chi connectivity index (χ0n) is 14.2. The summed E-state index contributed by atoms with van der Waals surface area (Å²) in [5.41, 5.74) is 3.26. The number of carbonyl (C=O) groups excluding carboxylic acids is 1. The summed E-state index contributed by atoms with van der Waals surface area (Å²) in [6, 6.07) is 16.5. The Morgan fingerprint density at radius 1 is 1.00 bits per heavy atom. The fourth-order valence-corrected chi connectivity index (χ4v) is 2.45. The van der Waals surface area contributed by atoms with E-state index in [4.69, 9.17) is 19.4 Å². The van der Waals surface area contributed by atoms with Crippen LogP contribution >= 0.6 is 0 Å². The van der Waals surface area contributed by atoms with Gasteiger partial charge in [0.05, 0.1) is 25.7 Å². The molecule has 1 amide bonds. The molecule has 0 aliphatic heterocycles. The molecule has 2 aromatic carbocycles. The molecule has 1 atom stereocenters. The highest BCUT2D eigenvalue weighted by molar-refractivity contribution is 5.86. The maximum Gasteiger partial charge on any atom is 0.255 e. The van der Waals surface area contributed by atoms with Gasteiger partial charge in [0.2, 0.25) is 0 Å². The Kier molecular flexibility index (Phi) is 7.91. The van der Waals surface area contributed by atoms with Crippen LogP contribution in [0.15, 0.2) is 54.6 Å². The highest BCUT2D eigenvalue weighted by Crippen LogP contribution is 2.27. The van der Waals surface area contributed by atoms with Gasteiger partial charge in [-0.1, -0.05) is 42.5 Å². The SMILES string of the molecule is COCCOCCOc1cccc(C(C(=O)NO)c2ccccc2)c1. The molecule has 0 heterocycles. The monoisotopic (exact) mass is 345 g/mol. The molecule has 6 nitrogen and oxygen atoms in total. The van der Waals surface area contributed by atoms with Crippen molar-refractivity contribution in [3.05, 3.63) is 65.7 Å². The van der Waals surface area contributed by atoms with Crippen LogP contribution < -0.4 is 10.2 Å². The van der Waals surface area contributed by atoms with E-state index in [0.29, 0.717) is 32.2 Å². The summed E-state index contributed by atoms with van der Waals surface area (Å²) in [6.45, 7) is 1.92. The van der Waals surface area contributed by atoms with Crippen molar-refractivity contribution in [3.63, 3.8) is 0 Å². The van der Waals surface area contributed by atoms with Gasteiger partial charge in [0.15, 0.2) is 0 Å². The molecule has 25 heavy (non-hydrogen) atoms. The first-order chi connectivity index (χ1) is 12.3. The Morgan fingerprint density at radius 2 is 1.72 bits per heavy atom. The molecular formula is C19H23NO5. The summed E-state index contributed by atoms with van der Waals surface area (Å²) in [7, 11) is 1.62. The molecule has 0 fully saturated rings. The highest BCUT2D eigenvalue weighted by atomic mass is 16.5. The number of carbonyl (C=O) groups is 1. The van der Waals surface area contributed by atoms with Gasteiger partial charge in [-0.3, -0.25) is 10.0 Å². The van der Waals surface area contributed by atoms with Crippen molar-refractivity contribution in [3.8, 4) is 5.75 Å². The summed E-state index contributed by atoms with van der Waals surface area (Å²) >= 11 is 0. The third-order valence-electron chi connectivity index (χ3n) is 3.62. The smallest absolute Gasteiger partial charge is 0.255 e. The van der Waals surface area contributed by atoms with E-state index in [1.807, 2.05) is 48.5 Å². The number of nitrogens with one attached hydrogen (secondary N) is 1.